The first-order valence-electron chi connectivity index (χ1n) is 12.6. The molecule has 1 amide bonds. The number of carbonyl (C=O) groups is 1. The number of hydrogen-bond acceptors (Lipinski definition) is 4. The molecule has 0 bridgehead atoms. The molecule has 5 heteroatoms. The molecule has 2 heterocycles. The lowest BCUT2D eigenvalue weighted by atomic mass is 9.93. The molecule has 0 radical (unpaired) electrons. The van der Waals surface area contributed by atoms with Crippen LogP contribution in [-0.4, -0.2) is 48.3 Å². The van der Waals surface area contributed by atoms with Crippen LogP contribution in [0.2, 0.25) is 0 Å². The molecule has 182 valence electrons. The molecule has 0 N–H and O–H groups in total. The van der Waals surface area contributed by atoms with Crippen molar-refractivity contribution < 1.29 is 14.4 Å². The Morgan fingerprint density at radius 3 is 1.91 bits per heavy atom. The van der Waals surface area contributed by atoms with Crippen molar-refractivity contribution in [3.8, 4) is 0 Å². The van der Waals surface area contributed by atoms with Crippen LogP contribution in [0.15, 0.2) is 84.9 Å². The molecule has 2 atom stereocenters. The van der Waals surface area contributed by atoms with E-state index in [1.165, 1.54) is 11.1 Å². The van der Waals surface area contributed by atoms with E-state index >= 15 is 0 Å². The van der Waals surface area contributed by atoms with Gasteiger partial charge in [0, 0.05) is 19.5 Å². The third-order valence-corrected chi connectivity index (χ3v) is 7.06. The van der Waals surface area contributed by atoms with E-state index in [1.54, 1.807) is 0 Å². The van der Waals surface area contributed by atoms with Gasteiger partial charge in [-0.1, -0.05) is 98.8 Å². The fourth-order valence-electron chi connectivity index (χ4n) is 5.09. The molecule has 2 fully saturated rings. The largest absolute Gasteiger partial charge is 0.378 e. The summed E-state index contributed by atoms with van der Waals surface area (Å²) in [5.41, 5.74) is 4.76. The Bertz CT molecular complexity index is 1060. The summed E-state index contributed by atoms with van der Waals surface area (Å²) in [7, 11) is 0. The second-order valence-electron chi connectivity index (χ2n) is 9.69. The fourth-order valence-corrected chi connectivity index (χ4v) is 5.09. The van der Waals surface area contributed by atoms with Crippen molar-refractivity contribution in [1.82, 2.24) is 9.96 Å². The fraction of sp³-hybridized carbons (Fsp3) is 0.367. The first kappa shape index (κ1) is 23.7. The van der Waals surface area contributed by atoms with Crippen molar-refractivity contribution in [2.75, 3.05) is 26.3 Å². The third-order valence-electron chi connectivity index (χ3n) is 7.06. The molecular formula is C30H34N2O3. The number of nitrogens with zero attached hydrogens (tertiary/aromatic N) is 2. The minimum absolute atomic E-state index is 0.0448. The maximum Gasteiger partial charge on any atom is 0.254 e. The summed E-state index contributed by atoms with van der Waals surface area (Å²) in [4.78, 5) is 22.0. The molecule has 2 unspecified atom stereocenters. The number of carbonyl (C=O) groups excluding carboxylic acids is 1. The molecule has 2 aliphatic heterocycles. The van der Waals surface area contributed by atoms with Crippen molar-refractivity contribution in [3.63, 3.8) is 0 Å². The maximum atomic E-state index is 13.5. The molecule has 0 aromatic heterocycles. The molecule has 5 rings (SSSR count). The lowest BCUT2D eigenvalue weighted by molar-refractivity contribution is -0.195. The van der Waals surface area contributed by atoms with Crippen LogP contribution in [0.3, 0.4) is 0 Å². The van der Waals surface area contributed by atoms with Gasteiger partial charge in [-0.15, -0.1) is 0 Å². The van der Waals surface area contributed by atoms with Crippen LogP contribution >= 0.6 is 0 Å². The number of benzene rings is 3. The predicted molar refractivity (Wildman–Crippen MR) is 137 cm³/mol. The van der Waals surface area contributed by atoms with E-state index in [2.05, 4.69) is 91.7 Å². The summed E-state index contributed by atoms with van der Waals surface area (Å²) in [6.45, 7) is 6.81. The SMILES string of the molecule is CC(C)c1ccc(C2CC(C(=O)N3CCOCC3)ON2C(c2ccccc2)c2ccccc2)cc1. The lowest BCUT2D eigenvalue weighted by Gasteiger charge is -2.33. The molecular weight excluding hydrogens is 436 g/mol. The Morgan fingerprint density at radius 2 is 1.37 bits per heavy atom. The summed E-state index contributed by atoms with van der Waals surface area (Å²) in [5.74, 6) is 0.525. The highest BCUT2D eigenvalue weighted by Crippen LogP contribution is 2.43. The highest BCUT2D eigenvalue weighted by molar-refractivity contribution is 5.81. The van der Waals surface area contributed by atoms with Gasteiger partial charge in [-0.25, -0.2) is 0 Å². The smallest absolute Gasteiger partial charge is 0.254 e. The highest BCUT2D eigenvalue weighted by Gasteiger charge is 2.44. The summed E-state index contributed by atoms with van der Waals surface area (Å²) >= 11 is 0. The number of hydroxylamine groups is 2. The lowest BCUT2D eigenvalue weighted by Crippen LogP contribution is -2.46. The number of morpholine rings is 1. The average Bonchev–Trinajstić information content (AvgIpc) is 3.35. The second-order valence-corrected chi connectivity index (χ2v) is 9.69. The molecule has 35 heavy (non-hydrogen) atoms. The van der Waals surface area contributed by atoms with Gasteiger partial charge in [-0.2, -0.15) is 5.06 Å². The van der Waals surface area contributed by atoms with E-state index in [1.807, 2.05) is 17.0 Å². The number of ether oxygens (including phenoxy) is 1. The standard InChI is InChI=1S/C30H34N2O3/c1-22(2)23-13-15-24(16-14-23)27-21-28(30(33)31-17-19-34-20-18-31)35-32(27)29(25-9-5-3-6-10-25)26-11-7-4-8-12-26/h3-16,22,27-29H,17-21H2,1-2H3. The quantitative estimate of drug-likeness (QED) is 0.477. The molecule has 3 aromatic carbocycles. The van der Waals surface area contributed by atoms with Gasteiger partial charge in [0.05, 0.1) is 25.3 Å². The molecule has 0 saturated carbocycles. The summed E-state index contributed by atoms with van der Waals surface area (Å²) in [5, 5.41) is 2.07. The Morgan fingerprint density at radius 1 is 0.800 bits per heavy atom. The van der Waals surface area contributed by atoms with Gasteiger partial charge in [0.15, 0.2) is 6.10 Å². The maximum absolute atomic E-state index is 13.5. The zero-order chi connectivity index (χ0) is 24.2. The van der Waals surface area contributed by atoms with E-state index in [-0.39, 0.29) is 18.0 Å². The Hall–Kier alpha value is -2.99. The van der Waals surface area contributed by atoms with Crippen LogP contribution < -0.4 is 0 Å². The van der Waals surface area contributed by atoms with E-state index in [9.17, 15) is 4.79 Å². The molecule has 0 spiro atoms. The first-order chi connectivity index (χ1) is 17.1. The van der Waals surface area contributed by atoms with Crippen molar-refractivity contribution in [2.24, 2.45) is 0 Å². The summed E-state index contributed by atoms with van der Waals surface area (Å²) in [6, 6.07) is 29.5. The van der Waals surface area contributed by atoms with Crippen molar-refractivity contribution >= 4 is 5.91 Å². The zero-order valence-corrected chi connectivity index (χ0v) is 20.5. The predicted octanol–water partition coefficient (Wildman–Crippen LogP) is 5.51. The van der Waals surface area contributed by atoms with Crippen LogP contribution in [0.25, 0.3) is 0 Å². The number of hydrogen-bond donors (Lipinski definition) is 0. The minimum atomic E-state index is -0.516. The minimum Gasteiger partial charge on any atom is -0.378 e. The Labute approximate surface area is 208 Å². The Balaban J connectivity index is 1.53. The molecule has 2 aliphatic rings. The topological polar surface area (TPSA) is 42.0 Å². The normalized spacial score (nSPS) is 21.1. The van der Waals surface area contributed by atoms with E-state index in [0.717, 1.165) is 11.1 Å². The Kier molecular flexibility index (Phi) is 7.28. The van der Waals surface area contributed by atoms with E-state index < -0.39 is 6.10 Å². The monoisotopic (exact) mass is 470 g/mol. The zero-order valence-electron chi connectivity index (χ0n) is 20.5. The van der Waals surface area contributed by atoms with Crippen molar-refractivity contribution in [1.29, 1.82) is 0 Å². The van der Waals surface area contributed by atoms with E-state index in [0.29, 0.717) is 38.6 Å². The molecule has 2 saturated heterocycles. The van der Waals surface area contributed by atoms with Crippen LogP contribution in [0.1, 0.15) is 60.5 Å². The molecule has 3 aromatic rings. The van der Waals surface area contributed by atoms with Gasteiger partial charge in [-0.3, -0.25) is 9.63 Å². The van der Waals surface area contributed by atoms with Gasteiger partial charge in [0.25, 0.3) is 5.91 Å². The second kappa shape index (κ2) is 10.7. The van der Waals surface area contributed by atoms with Crippen LogP contribution in [0.4, 0.5) is 0 Å². The summed E-state index contributed by atoms with van der Waals surface area (Å²) < 4.78 is 5.46. The highest BCUT2D eigenvalue weighted by atomic mass is 16.7. The average molecular weight is 471 g/mol. The van der Waals surface area contributed by atoms with Gasteiger partial charge in [-0.05, 0) is 28.2 Å². The van der Waals surface area contributed by atoms with Crippen LogP contribution in [0, 0.1) is 0 Å². The molecule has 0 aliphatic carbocycles. The van der Waals surface area contributed by atoms with Gasteiger partial charge in [0.1, 0.15) is 0 Å². The van der Waals surface area contributed by atoms with Crippen LogP contribution in [0.5, 0.6) is 0 Å². The van der Waals surface area contributed by atoms with Crippen LogP contribution in [-0.2, 0) is 14.4 Å². The van der Waals surface area contributed by atoms with Crippen molar-refractivity contribution in [3.05, 3.63) is 107 Å². The van der Waals surface area contributed by atoms with Crippen molar-refractivity contribution in [2.45, 2.75) is 44.4 Å². The van der Waals surface area contributed by atoms with Gasteiger partial charge in [0.2, 0.25) is 0 Å². The molecule has 5 nitrogen and oxygen atoms in total. The number of rotatable bonds is 6. The van der Waals surface area contributed by atoms with Gasteiger partial charge < -0.3 is 9.64 Å². The van der Waals surface area contributed by atoms with E-state index in [4.69, 9.17) is 9.57 Å². The first-order valence-corrected chi connectivity index (χ1v) is 12.6. The summed E-state index contributed by atoms with van der Waals surface area (Å²) in [6.07, 6.45) is 0.103. The third kappa shape index (κ3) is 5.18. The number of amides is 1. The van der Waals surface area contributed by atoms with Gasteiger partial charge >= 0.3 is 0 Å².